The molecule has 27 heavy (non-hydrogen) atoms. The van der Waals surface area contributed by atoms with Gasteiger partial charge in [0.1, 0.15) is 0 Å². The highest BCUT2D eigenvalue weighted by Gasteiger charge is 2.10. The van der Waals surface area contributed by atoms with Crippen LogP contribution < -0.4 is 0 Å². The Labute approximate surface area is 163 Å². The standard InChI is InChI=1S/C23H18ClN3/c1-15-11-12-20(16(2)25-15)18-9-6-10-19(13-18)22-14-21(26-23(24)27-22)17-7-4-3-5-8-17/h3-14H,1-2H3. The Hall–Kier alpha value is -3.04. The van der Waals surface area contributed by atoms with E-state index < -0.39 is 0 Å². The lowest BCUT2D eigenvalue weighted by Crippen LogP contribution is -1.93. The van der Waals surface area contributed by atoms with Crippen LogP contribution in [0, 0.1) is 13.8 Å². The molecule has 0 aliphatic carbocycles. The van der Waals surface area contributed by atoms with Gasteiger partial charge in [0.2, 0.25) is 5.28 Å². The lowest BCUT2D eigenvalue weighted by molar-refractivity contribution is 1.13. The second kappa shape index (κ2) is 7.29. The van der Waals surface area contributed by atoms with Crippen molar-refractivity contribution in [3.8, 4) is 33.6 Å². The van der Waals surface area contributed by atoms with Crippen LogP contribution in [0.5, 0.6) is 0 Å². The van der Waals surface area contributed by atoms with Gasteiger partial charge in [-0.2, -0.15) is 0 Å². The summed E-state index contributed by atoms with van der Waals surface area (Å²) in [6.07, 6.45) is 0. The molecule has 0 radical (unpaired) electrons. The Morgan fingerprint density at radius 2 is 1.30 bits per heavy atom. The van der Waals surface area contributed by atoms with Crippen molar-refractivity contribution >= 4 is 11.6 Å². The van der Waals surface area contributed by atoms with Crippen molar-refractivity contribution in [3.63, 3.8) is 0 Å². The molecule has 132 valence electrons. The molecule has 2 aromatic heterocycles. The minimum Gasteiger partial charge on any atom is -0.258 e. The molecular weight excluding hydrogens is 354 g/mol. The van der Waals surface area contributed by atoms with Crippen LogP contribution in [0.4, 0.5) is 0 Å². The Morgan fingerprint density at radius 1 is 0.630 bits per heavy atom. The molecule has 0 saturated carbocycles. The summed E-state index contributed by atoms with van der Waals surface area (Å²) in [4.78, 5) is 13.4. The molecule has 2 heterocycles. The van der Waals surface area contributed by atoms with Gasteiger partial charge in [-0.25, -0.2) is 9.97 Å². The molecule has 4 rings (SSSR count). The molecule has 0 atom stereocenters. The smallest absolute Gasteiger partial charge is 0.223 e. The highest BCUT2D eigenvalue weighted by molar-refractivity contribution is 6.28. The number of nitrogens with zero attached hydrogens (tertiary/aromatic N) is 3. The third-order valence-corrected chi connectivity index (χ3v) is 4.63. The van der Waals surface area contributed by atoms with Crippen LogP contribution in [-0.2, 0) is 0 Å². The van der Waals surface area contributed by atoms with Crippen molar-refractivity contribution < 1.29 is 0 Å². The van der Waals surface area contributed by atoms with Gasteiger partial charge in [0.15, 0.2) is 0 Å². The van der Waals surface area contributed by atoms with Crippen LogP contribution in [-0.4, -0.2) is 15.0 Å². The second-order valence-electron chi connectivity index (χ2n) is 6.44. The molecule has 0 amide bonds. The minimum absolute atomic E-state index is 0.241. The van der Waals surface area contributed by atoms with Crippen LogP contribution in [0.2, 0.25) is 5.28 Å². The highest BCUT2D eigenvalue weighted by Crippen LogP contribution is 2.29. The maximum Gasteiger partial charge on any atom is 0.223 e. The number of hydrogen-bond donors (Lipinski definition) is 0. The maximum atomic E-state index is 6.22. The second-order valence-corrected chi connectivity index (χ2v) is 6.78. The van der Waals surface area contributed by atoms with E-state index in [0.717, 1.165) is 45.0 Å². The molecule has 2 aromatic carbocycles. The Kier molecular flexibility index (Phi) is 4.69. The van der Waals surface area contributed by atoms with E-state index in [1.54, 1.807) is 0 Å². The zero-order chi connectivity index (χ0) is 18.8. The van der Waals surface area contributed by atoms with E-state index in [1.165, 1.54) is 0 Å². The summed E-state index contributed by atoms with van der Waals surface area (Å²) in [5, 5.41) is 0.241. The molecule has 0 bridgehead atoms. The monoisotopic (exact) mass is 371 g/mol. The molecule has 0 aliphatic heterocycles. The van der Waals surface area contributed by atoms with Crippen molar-refractivity contribution in [2.24, 2.45) is 0 Å². The molecular formula is C23H18ClN3. The molecule has 0 aliphatic rings. The average molecular weight is 372 g/mol. The fourth-order valence-corrected chi connectivity index (χ4v) is 3.34. The van der Waals surface area contributed by atoms with Gasteiger partial charge in [-0.15, -0.1) is 0 Å². The van der Waals surface area contributed by atoms with Gasteiger partial charge in [0.05, 0.1) is 11.4 Å². The normalized spacial score (nSPS) is 10.8. The quantitative estimate of drug-likeness (QED) is 0.406. The minimum atomic E-state index is 0.241. The number of halogens is 1. The lowest BCUT2D eigenvalue weighted by atomic mass is 10.00. The van der Waals surface area contributed by atoms with E-state index in [2.05, 4.69) is 33.2 Å². The van der Waals surface area contributed by atoms with Gasteiger partial charge in [-0.3, -0.25) is 4.98 Å². The predicted octanol–water partition coefficient (Wildman–Crippen LogP) is 6.14. The fourth-order valence-electron chi connectivity index (χ4n) is 3.16. The number of benzene rings is 2. The van der Waals surface area contributed by atoms with Crippen LogP contribution in [0.25, 0.3) is 33.6 Å². The Morgan fingerprint density at radius 3 is 2.04 bits per heavy atom. The van der Waals surface area contributed by atoms with Crippen LogP contribution in [0.15, 0.2) is 72.8 Å². The van der Waals surface area contributed by atoms with Crippen LogP contribution >= 0.6 is 11.6 Å². The fraction of sp³-hybridized carbons (Fsp3) is 0.0870. The van der Waals surface area contributed by atoms with Crippen molar-refractivity contribution in [1.82, 2.24) is 15.0 Å². The predicted molar refractivity (Wildman–Crippen MR) is 111 cm³/mol. The van der Waals surface area contributed by atoms with Crippen molar-refractivity contribution in [3.05, 3.63) is 89.5 Å². The average Bonchev–Trinajstić information content (AvgIpc) is 2.68. The SMILES string of the molecule is Cc1ccc(-c2cccc(-c3cc(-c4ccccc4)nc(Cl)n3)c2)c(C)n1. The van der Waals surface area contributed by atoms with Gasteiger partial charge in [0.25, 0.3) is 0 Å². The molecule has 0 spiro atoms. The van der Waals surface area contributed by atoms with Crippen molar-refractivity contribution in [2.45, 2.75) is 13.8 Å². The third-order valence-electron chi connectivity index (χ3n) is 4.46. The number of hydrogen-bond acceptors (Lipinski definition) is 3. The first-order chi connectivity index (χ1) is 13.1. The number of pyridine rings is 1. The van der Waals surface area contributed by atoms with Crippen LogP contribution in [0.3, 0.4) is 0 Å². The summed E-state index contributed by atoms with van der Waals surface area (Å²) in [6, 6.07) is 24.4. The van der Waals surface area contributed by atoms with Crippen molar-refractivity contribution in [1.29, 1.82) is 0 Å². The van der Waals surface area contributed by atoms with E-state index in [4.69, 9.17) is 11.6 Å². The topological polar surface area (TPSA) is 38.7 Å². The summed E-state index contributed by atoms with van der Waals surface area (Å²) in [6.45, 7) is 4.03. The molecule has 0 saturated heterocycles. The number of aromatic nitrogens is 3. The number of aryl methyl sites for hydroxylation is 2. The summed E-state index contributed by atoms with van der Waals surface area (Å²) in [7, 11) is 0. The molecule has 0 N–H and O–H groups in total. The van der Waals surface area contributed by atoms with E-state index in [9.17, 15) is 0 Å². The van der Waals surface area contributed by atoms with Gasteiger partial charge >= 0.3 is 0 Å². The van der Waals surface area contributed by atoms with E-state index in [1.807, 2.05) is 68.4 Å². The van der Waals surface area contributed by atoms with E-state index >= 15 is 0 Å². The van der Waals surface area contributed by atoms with Gasteiger partial charge in [0, 0.05) is 28.1 Å². The first-order valence-corrected chi connectivity index (χ1v) is 9.13. The van der Waals surface area contributed by atoms with Gasteiger partial charge in [-0.1, -0.05) is 54.6 Å². The molecule has 4 aromatic rings. The summed E-state index contributed by atoms with van der Waals surface area (Å²) >= 11 is 6.22. The largest absolute Gasteiger partial charge is 0.258 e. The Balaban J connectivity index is 1.79. The first-order valence-electron chi connectivity index (χ1n) is 8.75. The summed E-state index contributed by atoms with van der Waals surface area (Å²) < 4.78 is 0. The first kappa shape index (κ1) is 17.4. The molecule has 3 nitrogen and oxygen atoms in total. The molecule has 0 fully saturated rings. The maximum absolute atomic E-state index is 6.22. The molecule has 4 heteroatoms. The van der Waals surface area contributed by atoms with Gasteiger partial charge in [-0.05, 0) is 49.2 Å². The zero-order valence-electron chi connectivity index (χ0n) is 15.1. The Bertz CT molecular complexity index is 1110. The van der Waals surface area contributed by atoms with E-state index in [-0.39, 0.29) is 5.28 Å². The van der Waals surface area contributed by atoms with Gasteiger partial charge < -0.3 is 0 Å². The number of rotatable bonds is 3. The van der Waals surface area contributed by atoms with E-state index in [0.29, 0.717) is 0 Å². The zero-order valence-corrected chi connectivity index (χ0v) is 15.9. The summed E-state index contributed by atoms with van der Waals surface area (Å²) in [5.74, 6) is 0. The van der Waals surface area contributed by atoms with Crippen LogP contribution in [0.1, 0.15) is 11.4 Å². The molecule has 0 unspecified atom stereocenters. The lowest BCUT2D eigenvalue weighted by Gasteiger charge is -2.10. The highest BCUT2D eigenvalue weighted by atomic mass is 35.5. The third kappa shape index (κ3) is 3.74. The van der Waals surface area contributed by atoms with Crippen molar-refractivity contribution in [2.75, 3.05) is 0 Å². The summed E-state index contributed by atoms with van der Waals surface area (Å²) in [5.41, 5.74) is 7.86.